The molecule has 0 aromatic heterocycles. The molecular weight excluding hydrogens is 260 g/mol. The lowest BCUT2D eigenvalue weighted by Gasteiger charge is -2.29. The monoisotopic (exact) mass is 273 g/mol. The van der Waals surface area contributed by atoms with Crippen molar-refractivity contribution in [3.8, 4) is 0 Å². The number of methoxy groups -OCH3 is 1. The fourth-order valence-corrected chi connectivity index (χ4v) is 3.03. The van der Waals surface area contributed by atoms with Crippen molar-refractivity contribution in [2.75, 3.05) is 18.6 Å². The van der Waals surface area contributed by atoms with Crippen LogP contribution in [0.15, 0.2) is 18.2 Å². The maximum Gasteiger partial charge on any atom is 0.323 e. The number of carbonyl (C=O) groups is 1. The van der Waals surface area contributed by atoms with Crippen LogP contribution in [0.1, 0.15) is 11.6 Å². The summed E-state index contributed by atoms with van der Waals surface area (Å²) in [5.41, 5.74) is -0.0152. The van der Waals surface area contributed by atoms with E-state index < -0.39 is 29.7 Å². The first-order chi connectivity index (χ1) is 8.63. The van der Waals surface area contributed by atoms with Crippen LogP contribution in [0.5, 0.6) is 0 Å². The molecule has 0 spiro atoms. The van der Waals surface area contributed by atoms with Crippen molar-refractivity contribution in [3.05, 3.63) is 35.4 Å². The molecule has 18 heavy (non-hydrogen) atoms. The predicted molar refractivity (Wildman–Crippen MR) is 65.4 cm³/mol. The largest absolute Gasteiger partial charge is 0.468 e. The summed E-state index contributed by atoms with van der Waals surface area (Å²) in [4.78, 5) is 11.4. The lowest BCUT2D eigenvalue weighted by molar-refractivity contribution is -0.142. The molecule has 1 N–H and O–H groups in total. The second-order valence-electron chi connectivity index (χ2n) is 3.97. The Balaban J connectivity index is 2.21. The molecule has 0 saturated carbocycles. The molecule has 2 rings (SSSR count). The number of rotatable bonds is 2. The third kappa shape index (κ3) is 2.64. The zero-order valence-corrected chi connectivity index (χ0v) is 10.6. The van der Waals surface area contributed by atoms with Gasteiger partial charge in [0.05, 0.1) is 7.11 Å². The van der Waals surface area contributed by atoms with Gasteiger partial charge in [-0.1, -0.05) is 6.07 Å². The van der Waals surface area contributed by atoms with Crippen molar-refractivity contribution in [1.29, 1.82) is 0 Å². The van der Waals surface area contributed by atoms with Crippen molar-refractivity contribution in [3.63, 3.8) is 0 Å². The van der Waals surface area contributed by atoms with E-state index in [4.69, 9.17) is 0 Å². The fourth-order valence-electron chi connectivity index (χ4n) is 1.93. The molecule has 0 aliphatic carbocycles. The Morgan fingerprint density at radius 2 is 2.06 bits per heavy atom. The third-order valence-electron chi connectivity index (χ3n) is 2.81. The van der Waals surface area contributed by atoms with E-state index >= 15 is 0 Å². The SMILES string of the molecule is COC(=O)C1CSCC(c2c(F)cccc2F)N1. The van der Waals surface area contributed by atoms with Crippen LogP contribution in [0, 0.1) is 11.6 Å². The van der Waals surface area contributed by atoms with E-state index in [9.17, 15) is 13.6 Å². The number of hydrogen-bond acceptors (Lipinski definition) is 4. The van der Waals surface area contributed by atoms with Crippen LogP contribution >= 0.6 is 11.8 Å². The van der Waals surface area contributed by atoms with Gasteiger partial charge in [0.1, 0.15) is 17.7 Å². The molecule has 1 fully saturated rings. The van der Waals surface area contributed by atoms with Gasteiger partial charge in [-0.3, -0.25) is 10.1 Å². The molecule has 2 unspecified atom stereocenters. The molecule has 0 amide bonds. The van der Waals surface area contributed by atoms with Crippen molar-refractivity contribution in [2.45, 2.75) is 12.1 Å². The Morgan fingerprint density at radius 3 is 2.67 bits per heavy atom. The summed E-state index contributed by atoms with van der Waals surface area (Å²) in [7, 11) is 1.29. The summed E-state index contributed by atoms with van der Waals surface area (Å²) in [5, 5.41) is 2.93. The molecular formula is C12H13F2NO2S. The number of thioether (sulfide) groups is 1. The van der Waals surface area contributed by atoms with Crippen molar-refractivity contribution >= 4 is 17.7 Å². The first-order valence-electron chi connectivity index (χ1n) is 5.49. The highest BCUT2D eigenvalue weighted by molar-refractivity contribution is 7.99. The molecule has 2 atom stereocenters. The first kappa shape index (κ1) is 13.3. The van der Waals surface area contributed by atoms with E-state index in [2.05, 4.69) is 10.1 Å². The van der Waals surface area contributed by atoms with Crippen LogP contribution in [0.3, 0.4) is 0 Å². The molecule has 1 heterocycles. The average molecular weight is 273 g/mol. The van der Waals surface area contributed by atoms with Gasteiger partial charge in [-0.15, -0.1) is 0 Å². The third-order valence-corrected chi connectivity index (χ3v) is 3.94. The molecule has 0 bridgehead atoms. The predicted octanol–water partition coefficient (Wildman–Crippen LogP) is 1.88. The number of hydrogen-bond donors (Lipinski definition) is 1. The molecule has 1 aromatic rings. The number of benzene rings is 1. The summed E-state index contributed by atoms with van der Waals surface area (Å²) in [6, 6.07) is 2.70. The van der Waals surface area contributed by atoms with Crippen molar-refractivity contribution < 1.29 is 18.3 Å². The lowest BCUT2D eigenvalue weighted by atomic mass is 10.1. The quantitative estimate of drug-likeness (QED) is 0.835. The second-order valence-corrected chi connectivity index (χ2v) is 5.04. The molecule has 6 heteroatoms. The molecule has 98 valence electrons. The molecule has 0 radical (unpaired) electrons. The summed E-state index contributed by atoms with van der Waals surface area (Å²) in [6.07, 6.45) is 0. The average Bonchev–Trinajstić information content (AvgIpc) is 2.38. The van der Waals surface area contributed by atoms with Gasteiger partial charge in [-0.05, 0) is 12.1 Å². The first-order valence-corrected chi connectivity index (χ1v) is 6.64. The van der Waals surface area contributed by atoms with E-state index in [-0.39, 0.29) is 5.56 Å². The van der Waals surface area contributed by atoms with Crippen molar-refractivity contribution in [1.82, 2.24) is 5.32 Å². The maximum atomic E-state index is 13.6. The van der Waals surface area contributed by atoms with Gasteiger partial charge in [-0.25, -0.2) is 8.78 Å². The van der Waals surface area contributed by atoms with Gasteiger partial charge in [-0.2, -0.15) is 11.8 Å². The molecule has 3 nitrogen and oxygen atoms in total. The van der Waals surface area contributed by atoms with Crippen LogP contribution in [0.4, 0.5) is 8.78 Å². The van der Waals surface area contributed by atoms with Crippen molar-refractivity contribution in [2.24, 2.45) is 0 Å². The smallest absolute Gasteiger partial charge is 0.323 e. The minimum absolute atomic E-state index is 0.0152. The summed E-state index contributed by atoms with van der Waals surface area (Å²) in [6.45, 7) is 0. The zero-order valence-electron chi connectivity index (χ0n) is 9.78. The fraction of sp³-hybridized carbons (Fsp3) is 0.417. The minimum atomic E-state index is -0.599. The maximum absolute atomic E-state index is 13.6. The zero-order chi connectivity index (χ0) is 13.1. The van der Waals surface area contributed by atoms with Crippen LogP contribution in [0.2, 0.25) is 0 Å². The van der Waals surface area contributed by atoms with Gasteiger partial charge in [0, 0.05) is 23.1 Å². The minimum Gasteiger partial charge on any atom is -0.468 e. The van der Waals surface area contributed by atoms with Gasteiger partial charge >= 0.3 is 5.97 Å². The standard InChI is InChI=1S/C12H13F2NO2S/c1-17-12(16)10-6-18-5-9(15-10)11-7(13)3-2-4-8(11)14/h2-4,9-10,15H,5-6H2,1H3. The molecule has 1 aromatic carbocycles. The number of esters is 1. The van der Waals surface area contributed by atoms with Gasteiger partial charge < -0.3 is 4.74 Å². The summed E-state index contributed by atoms with van der Waals surface area (Å²) < 4.78 is 31.9. The van der Waals surface area contributed by atoms with E-state index in [0.717, 1.165) is 0 Å². The Bertz CT molecular complexity index is 435. The second kappa shape index (κ2) is 5.67. The molecule has 1 aliphatic heterocycles. The van der Waals surface area contributed by atoms with E-state index in [1.54, 1.807) is 0 Å². The Morgan fingerprint density at radius 1 is 1.39 bits per heavy atom. The van der Waals surface area contributed by atoms with Gasteiger partial charge in [0.25, 0.3) is 0 Å². The highest BCUT2D eigenvalue weighted by atomic mass is 32.2. The van der Waals surface area contributed by atoms with E-state index in [1.807, 2.05) is 0 Å². The molecule has 1 aliphatic rings. The van der Waals surface area contributed by atoms with Gasteiger partial charge in [0.15, 0.2) is 0 Å². The number of nitrogens with one attached hydrogen (secondary N) is 1. The van der Waals surface area contributed by atoms with Crippen LogP contribution in [-0.2, 0) is 9.53 Å². The normalized spacial score (nSPS) is 23.7. The van der Waals surface area contributed by atoms with Gasteiger partial charge in [0.2, 0.25) is 0 Å². The van der Waals surface area contributed by atoms with E-state index in [1.165, 1.54) is 37.1 Å². The van der Waals surface area contributed by atoms with Crippen LogP contribution in [-0.4, -0.2) is 30.6 Å². The Kier molecular flexibility index (Phi) is 4.19. The lowest BCUT2D eigenvalue weighted by Crippen LogP contribution is -2.46. The number of ether oxygens (including phenoxy) is 1. The van der Waals surface area contributed by atoms with Crippen LogP contribution < -0.4 is 5.32 Å². The number of halogens is 2. The highest BCUT2D eigenvalue weighted by Crippen LogP contribution is 2.28. The summed E-state index contributed by atoms with van der Waals surface area (Å²) in [5.74, 6) is -0.550. The van der Waals surface area contributed by atoms with E-state index in [0.29, 0.717) is 11.5 Å². The Labute approximate surface area is 108 Å². The molecule has 1 saturated heterocycles. The topological polar surface area (TPSA) is 38.3 Å². The highest BCUT2D eigenvalue weighted by Gasteiger charge is 2.31. The summed E-state index contributed by atoms with van der Waals surface area (Å²) >= 11 is 1.47. The Hall–Kier alpha value is -1.14. The van der Waals surface area contributed by atoms with Crippen LogP contribution in [0.25, 0.3) is 0 Å². The number of carbonyl (C=O) groups excluding carboxylic acids is 1.